The van der Waals surface area contributed by atoms with E-state index in [4.69, 9.17) is 10.5 Å². The van der Waals surface area contributed by atoms with Crippen molar-refractivity contribution in [2.75, 3.05) is 18.2 Å². The predicted molar refractivity (Wildman–Crippen MR) is 90.3 cm³/mol. The molecule has 120 valence electrons. The Morgan fingerprint density at radius 2 is 1.87 bits per heavy atom. The Morgan fingerprint density at radius 1 is 1.17 bits per heavy atom. The standard InChI is InChI=1S/C18H20FN3O/c1-2-23-17-9-7-16(8-10-17)22-18(11-15(12-20)21-22)13-3-5-14(19)6-4-13/h3-10,18H,2,11-12,20H2,1H3. The third-order valence-electron chi connectivity index (χ3n) is 3.88. The largest absolute Gasteiger partial charge is 0.494 e. The smallest absolute Gasteiger partial charge is 0.123 e. The SMILES string of the molecule is CCOc1ccc(N2N=C(CN)CC2c2ccc(F)cc2)cc1. The van der Waals surface area contributed by atoms with Crippen LogP contribution in [-0.4, -0.2) is 18.9 Å². The van der Waals surface area contributed by atoms with E-state index in [1.807, 2.05) is 36.2 Å². The second kappa shape index (κ2) is 6.79. The van der Waals surface area contributed by atoms with Gasteiger partial charge in [-0.2, -0.15) is 5.10 Å². The number of hydrogen-bond donors (Lipinski definition) is 1. The van der Waals surface area contributed by atoms with E-state index in [2.05, 4.69) is 5.10 Å². The number of benzene rings is 2. The molecule has 2 aromatic carbocycles. The van der Waals surface area contributed by atoms with Gasteiger partial charge in [-0.3, -0.25) is 5.01 Å². The highest BCUT2D eigenvalue weighted by Gasteiger charge is 2.28. The fourth-order valence-electron chi connectivity index (χ4n) is 2.74. The molecule has 5 heteroatoms. The maximum absolute atomic E-state index is 13.2. The number of anilines is 1. The van der Waals surface area contributed by atoms with Crippen molar-refractivity contribution in [2.24, 2.45) is 10.8 Å². The molecule has 2 aromatic rings. The molecule has 2 N–H and O–H groups in total. The number of ether oxygens (including phenoxy) is 1. The van der Waals surface area contributed by atoms with Gasteiger partial charge in [-0.25, -0.2) is 4.39 Å². The fourth-order valence-corrected chi connectivity index (χ4v) is 2.74. The lowest BCUT2D eigenvalue weighted by Crippen LogP contribution is -2.18. The summed E-state index contributed by atoms with van der Waals surface area (Å²) in [6.45, 7) is 3.01. The zero-order chi connectivity index (χ0) is 16.2. The Morgan fingerprint density at radius 3 is 2.48 bits per heavy atom. The molecule has 0 radical (unpaired) electrons. The van der Waals surface area contributed by atoms with Gasteiger partial charge in [-0.15, -0.1) is 0 Å². The van der Waals surface area contributed by atoms with E-state index >= 15 is 0 Å². The van der Waals surface area contributed by atoms with Crippen LogP contribution in [0, 0.1) is 5.82 Å². The van der Waals surface area contributed by atoms with Crippen molar-refractivity contribution < 1.29 is 9.13 Å². The van der Waals surface area contributed by atoms with Crippen molar-refractivity contribution in [1.82, 2.24) is 0 Å². The first-order valence-electron chi connectivity index (χ1n) is 7.75. The molecular formula is C18H20FN3O. The molecule has 0 aromatic heterocycles. The maximum Gasteiger partial charge on any atom is 0.123 e. The van der Waals surface area contributed by atoms with Crippen LogP contribution in [0.3, 0.4) is 0 Å². The Kier molecular flexibility index (Phi) is 4.57. The number of nitrogens with zero attached hydrogens (tertiary/aromatic N) is 2. The summed E-state index contributed by atoms with van der Waals surface area (Å²) in [4.78, 5) is 0. The van der Waals surface area contributed by atoms with Gasteiger partial charge in [-0.1, -0.05) is 12.1 Å². The average molecular weight is 313 g/mol. The third kappa shape index (κ3) is 3.35. The van der Waals surface area contributed by atoms with Crippen LogP contribution in [0.4, 0.5) is 10.1 Å². The topological polar surface area (TPSA) is 50.8 Å². The Balaban J connectivity index is 1.89. The summed E-state index contributed by atoms with van der Waals surface area (Å²) in [7, 11) is 0. The highest BCUT2D eigenvalue weighted by Crippen LogP contribution is 2.35. The molecular weight excluding hydrogens is 293 g/mol. The van der Waals surface area contributed by atoms with Gasteiger partial charge in [0.05, 0.1) is 24.0 Å². The average Bonchev–Trinajstić information content (AvgIpc) is 3.01. The van der Waals surface area contributed by atoms with E-state index in [0.717, 1.165) is 29.1 Å². The van der Waals surface area contributed by atoms with Crippen LogP contribution in [0.5, 0.6) is 5.75 Å². The molecule has 1 unspecified atom stereocenters. The minimum atomic E-state index is -0.237. The van der Waals surface area contributed by atoms with Gasteiger partial charge in [0, 0.05) is 13.0 Å². The second-order valence-corrected chi connectivity index (χ2v) is 5.41. The predicted octanol–water partition coefficient (Wildman–Crippen LogP) is 3.49. The van der Waals surface area contributed by atoms with E-state index in [1.165, 1.54) is 12.1 Å². The van der Waals surface area contributed by atoms with Crippen molar-refractivity contribution >= 4 is 11.4 Å². The van der Waals surface area contributed by atoms with E-state index in [1.54, 1.807) is 12.1 Å². The first-order valence-corrected chi connectivity index (χ1v) is 7.75. The van der Waals surface area contributed by atoms with Gasteiger partial charge in [0.15, 0.2) is 0 Å². The first-order chi connectivity index (χ1) is 11.2. The van der Waals surface area contributed by atoms with Gasteiger partial charge < -0.3 is 10.5 Å². The zero-order valence-electron chi connectivity index (χ0n) is 13.1. The number of hydrogen-bond acceptors (Lipinski definition) is 4. The van der Waals surface area contributed by atoms with Crippen molar-refractivity contribution in [3.63, 3.8) is 0 Å². The van der Waals surface area contributed by atoms with Gasteiger partial charge in [0.1, 0.15) is 11.6 Å². The van der Waals surface area contributed by atoms with E-state index in [-0.39, 0.29) is 11.9 Å². The van der Waals surface area contributed by atoms with Crippen molar-refractivity contribution in [1.29, 1.82) is 0 Å². The molecule has 0 amide bonds. The highest BCUT2D eigenvalue weighted by molar-refractivity contribution is 5.90. The van der Waals surface area contributed by atoms with Crippen molar-refractivity contribution in [3.8, 4) is 5.75 Å². The molecule has 1 aliphatic rings. The number of halogens is 1. The molecule has 0 saturated carbocycles. The molecule has 3 rings (SSSR count). The monoisotopic (exact) mass is 313 g/mol. The van der Waals surface area contributed by atoms with Crippen molar-refractivity contribution in [3.05, 3.63) is 59.9 Å². The van der Waals surface area contributed by atoms with Crippen LogP contribution in [0.2, 0.25) is 0 Å². The van der Waals surface area contributed by atoms with Crippen LogP contribution < -0.4 is 15.5 Å². The number of hydrazone groups is 1. The van der Waals surface area contributed by atoms with Gasteiger partial charge in [0.25, 0.3) is 0 Å². The van der Waals surface area contributed by atoms with Gasteiger partial charge >= 0.3 is 0 Å². The van der Waals surface area contributed by atoms with Crippen molar-refractivity contribution in [2.45, 2.75) is 19.4 Å². The minimum absolute atomic E-state index is 0.0343. The lowest BCUT2D eigenvalue weighted by Gasteiger charge is -2.24. The molecule has 0 aliphatic carbocycles. The highest BCUT2D eigenvalue weighted by atomic mass is 19.1. The molecule has 0 saturated heterocycles. The zero-order valence-corrected chi connectivity index (χ0v) is 13.1. The van der Waals surface area contributed by atoms with Crippen LogP contribution in [0.25, 0.3) is 0 Å². The number of nitrogens with two attached hydrogens (primary N) is 1. The summed E-state index contributed by atoms with van der Waals surface area (Å²) in [5.74, 6) is 0.594. The Hall–Kier alpha value is -2.40. The summed E-state index contributed by atoms with van der Waals surface area (Å²) < 4.78 is 18.7. The summed E-state index contributed by atoms with van der Waals surface area (Å²) in [6, 6.07) is 14.4. The molecule has 4 nitrogen and oxygen atoms in total. The summed E-state index contributed by atoms with van der Waals surface area (Å²) in [5, 5.41) is 6.57. The lowest BCUT2D eigenvalue weighted by atomic mass is 10.0. The molecule has 1 atom stereocenters. The van der Waals surface area contributed by atoms with E-state index in [0.29, 0.717) is 13.2 Å². The quantitative estimate of drug-likeness (QED) is 0.919. The van der Waals surface area contributed by atoms with E-state index in [9.17, 15) is 4.39 Å². The summed E-state index contributed by atoms with van der Waals surface area (Å²) in [5.41, 5.74) is 8.69. The molecule has 0 fully saturated rings. The van der Waals surface area contributed by atoms with Crippen LogP contribution in [0.1, 0.15) is 24.9 Å². The van der Waals surface area contributed by atoms with Crippen LogP contribution >= 0.6 is 0 Å². The maximum atomic E-state index is 13.2. The molecule has 23 heavy (non-hydrogen) atoms. The molecule has 1 aliphatic heterocycles. The summed E-state index contributed by atoms with van der Waals surface area (Å²) in [6.07, 6.45) is 0.745. The van der Waals surface area contributed by atoms with E-state index < -0.39 is 0 Å². The lowest BCUT2D eigenvalue weighted by molar-refractivity contribution is 0.340. The molecule has 0 bridgehead atoms. The molecule has 0 spiro atoms. The van der Waals surface area contributed by atoms with Gasteiger partial charge in [-0.05, 0) is 48.9 Å². The van der Waals surface area contributed by atoms with Crippen LogP contribution in [0.15, 0.2) is 53.6 Å². The Bertz CT molecular complexity index is 682. The number of rotatable bonds is 5. The minimum Gasteiger partial charge on any atom is -0.494 e. The normalized spacial score (nSPS) is 17.3. The third-order valence-corrected chi connectivity index (χ3v) is 3.88. The fraction of sp³-hybridized carbons (Fsp3) is 0.278. The van der Waals surface area contributed by atoms with Crippen LogP contribution in [-0.2, 0) is 0 Å². The second-order valence-electron chi connectivity index (χ2n) is 5.41. The molecule has 1 heterocycles. The Labute approximate surface area is 135 Å². The summed E-state index contributed by atoms with van der Waals surface area (Å²) >= 11 is 0. The van der Waals surface area contributed by atoms with Gasteiger partial charge in [0.2, 0.25) is 0 Å². The first kappa shape index (κ1) is 15.5.